The van der Waals surface area contributed by atoms with E-state index in [9.17, 15) is 24.3 Å². The quantitative estimate of drug-likeness (QED) is 0.109. The second kappa shape index (κ2) is 15.6. The Bertz CT molecular complexity index is 757. The van der Waals surface area contributed by atoms with Gasteiger partial charge in [-0.25, -0.2) is 14.4 Å². The molecule has 0 atom stereocenters. The third kappa shape index (κ3) is 10.8. The topological polar surface area (TPSA) is 185 Å². The first-order valence-electron chi connectivity index (χ1n) is 9.63. The van der Waals surface area contributed by atoms with E-state index in [0.29, 0.717) is 33.0 Å². The lowest BCUT2D eigenvalue weighted by molar-refractivity contribution is -0.734. The highest BCUT2D eigenvalue weighted by molar-refractivity contribution is 6.50. The number of carboxylic acids is 2. The second-order valence-electron chi connectivity index (χ2n) is 5.90. The summed E-state index contributed by atoms with van der Waals surface area (Å²) < 4.78 is 37.6. The zero-order valence-corrected chi connectivity index (χ0v) is 18.1. The number of carbonyl (C=O) groups is 4. The molecule has 0 unspecified atom stereocenters. The largest absolute Gasteiger partial charge is 0.873 e. The highest BCUT2D eigenvalue weighted by Crippen LogP contribution is 2.09. The third-order valence-electron chi connectivity index (χ3n) is 3.61. The number of rotatable bonds is 16. The van der Waals surface area contributed by atoms with E-state index < -0.39 is 31.2 Å². The van der Waals surface area contributed by atoms with Crippen molar-refractivity contribution in [1.82, 2.24) is 4.57 Å². The van der Waals surface area contributed by atoms with Gasteiger partial charge in [0.2, 0.25) is 0 Å². The number of methoxy groups -OCH3 is 1. The molecule has 0 aliphatic carbocycles. The van der Waals surface area contributed by atoms with Crippen LogP contribution in [0.2, 0.25) is 0 Å². The van der Waals surface area contributed by atoms with Gasteiger partial charge in [-0.05, 0) is 6.92 Å². The van der Waals surface area contributed by atoms with Crippen LogP contribution in [0.15, 0.2) is 12.4 Å². The Labute approximate surface area is 188 Å². The van der Waals surface area contributed by atoms with Crippen LogP contribution in [0.3, 0.4) is 0 Å². The molecule has 16 heteroatoms. The summed E-state index contributed by atoms with van der Waals surface area (Å²) in [5.74, 6) is -8.04. The van der Waals surface area contributed by atoms with Crippen molar-refractivity contribution >= 4 is 31.2 Å². The van der Waals surface area contributed by atoms with Gasteiger partial charge in [-0.3, -0.25) is 0 Å². The summed E-state index contributed by atoms with van der Waals surface area (Å²) in [7, 11) is -0.740. The number of hydrogen-bond acceptors (Lipinski definition) is 12. The molecule has 1 N–H and O–H groups in total. The maximum Gasteiger partial charge on any atom is 0.873 e. The predicted octanol–water partition coefficient (Wildman–Crippen LogP) is -3.27. The summed E-state index contributed by atoms with van der Waals surface area (Å²) in [5.41, 5.74) is 0. The minimum atomic E-state index is -2.31. The number of nitrogens with zero attached hydrogens (tertiary/aromatic N) is 2. The van der Waals surface area contributed by atoms with E-state index in [1.165, 1.54) is 15.3 Å². The molecule has 0 aromatic carbocycles. The van der Waals surface area contributed by atoms with Crippen LogP contribution in [0.25, 0.3) is 0 Å². The van der Waals surface area contributed by atoms with Crippen LogP contribution in [0.5, 0.6) is 6.01 Å². The second-order valence-corrected chi connectivity index (χ2v) is 5.90. The van der Waals surface area contributed by atoms with Crippen LogP contribution >= 0.6 is 0 Å². The number of imidazole rings is 1. The molecule has 33 heavy (non-hydrogen) atoms. The van der Waals surface area contributed by atoms with E-state index in [0.717, 1.165) is 0 Å². The standard InChI is InChI=1S/C17H25BN2O13/c1-3-19-4-5-20(12-30-11-10-29-9-8-28-7-6-27-2)17(19)33-18(31-15(25)13(21)22)32-16(26)14(23)24/h4-5H,3,6-12H2,1-2H3,(H-,21,22,23,24). The molecule has 184 valence electrons. The number of aromatic nitrogens is 2. The van der Waals surface area contributed by atoms with Crippen molar-refractivity contribution in [2.45, 2.75) is 20.2 Å². The molecule has 1 aromatic rings. The van der Waals surface area contributed by atoms with Gasteiger partial charge in [0.1, 0.15) is 12.4 Å². The Morgan fingerprint density at radius 1 is 1.00 bits per heavy atom. The Morgan fingerprint density at radius 3 is 2.12 bits per heavy atom. The minimum Gasteiger partial charge on any atom is -0.539 e. The normalized spacial score (nSPS) is 10.5. The van der Waals surface area contributed by atoms with Crippen molar-refractivity contribution in [1.29, 1.82) is 0 Å². The number of hydrogen-bond donors (Lipinski definition) is 1. The summed E-state index contributed by atoms with van der Waals surface area (Å²) in [6, 6.07) is -0.0840. The zero-order valence-electron chi connectivity index (χ0n) is 18.1. The molecule has 0 fully saturated rings. The molecule has 0 aliphatic heterocycles. The number of aliphatic carboxylic acids is 2. The maximum atomic E-state index is 11.3. The molecule has 0 spiro atoms. The van der Waals surface area contributed by atoms with E-state index in [2.05, 4.69) is 9.31 Å². The SMILES string of the molecule is CCn1cc[n+](COCCOCCOCCOC)c1OB(OC(=O)C(=O)[O-])OC(=O)C(=O)O. The lowest BCUT2D eigenvalue weighted by Crippen LogP contribution is -2.46. The van der Waals surface area contributed by atoms with E-state index in [1.807, 2.05) is 0 Å². The van der Waals surface area contributed by atoms with Gasteiger partial charge >= 0.3 is 31.2 Å². The molecular weight excluding hydrogens is 451 g/mol. The number of aryl methyl sites for hydroxylation is 1. The van der Waals surface area contributed by atoms with E-state index >= 15 is 0 Å². The van der Waals surface area contributed by atoms with Crippen LogP contribution < -0.4 is 14.3 Å². The third-order valence-corrected chi connectivity index (χ3v) is 3.61. The zero-order chi connectivity index (χ0) is 24.6. The van der Waals surface area contributed by atoms with E-state index in [1.54, 1.807) is 20.2 Å². The van der Waals surface area contributed by atoms with Gasteiger partial charge < -0.3 is 47.9 Å². The van der Waals surface area contributed by atoms with Gasteiger partial charge in [0.05, 0.1) is 46.2 Å². The molecule has 0 aliphatic rings. The highest BCUT2D eigenvalue weighted by Gasteiger charge is 2.41. The van der Waals surface area contributed by atoms with E-state index in [-0.39, 0.29) is 26.0 Å². The van der Waals surface area contributed by atoms with Crippen molar-refractivity contribution in [2.75, 3.05) is 46.8 Å². The van der Waals surface area contributed by atoms with Gasteiger partial charge in [0.15, 0.2) is 12.7 Å². The average Bonchev–Trinajstić information content (AvgIpc) is 3.16. The first kappa shape index (κ1) is 27.8. The Balaban J connectivity index is 2.64. The van der Waals surface area contributed by atoms with Gasteiger partial charge in [0.25, 0.3) is 0 Å². The fraction of sp³-hybridized carbons (Fsp3) is 0.588. The van der Waals surface area contributed by atoms with Gasteiger partial charge in [-0.15, -0.1) is 0 Å². The first-order chi connectivity index (χ1) is 15.8. The molecular formula is C17H25BN2O13. The van der Waals surface area contributed by atoms with Crippen molar-refractivity contribution in [2.24, 2.45) is 0 Å². The molecule has 0 radical (unpaired) electrons. The Kier molecular flexibility index (Phi) is 13.1. The molecule has 1 heterocycles. The summed E-state index contributed by atoms with van der Waals surface area (Å²) in [5, 5.41) is 19.3. The smallest absolute Gasteiger partial charge is 0.539 e. The summed E-state index contributed by atoms with van der Waals surface area (Å²) >= 11 is 0. The van der Waals surface area contributed by atoms with Gasteiger partial charge in [0, 0.05) is 7.11 Å². The lowest BCUT2D eigenvalue weighted by Gasteiger charge is -2.13. The minimum absolute atomic E-state index is 0.0793. The van der Waals surface area contributed by atoms with Crippen molar-refractivity contribution in [3.05, 3.63) is 12.4 Å². The Morgan fingerprint density at radius 2 is 1.58 bits per heavy atom. The van der Waals surface area contributed by atoms with Gasteiger partial charge in [-0.1, -0.05) is 0 Å². The van der Waals surface area contributed by atoms with Crippen LogP contribution in [0, 0.1) is 0 Å². The molecule has 0 bridgehead atoms. The number of ether oxygens (including phenoxy) is 4. The van der Waals surface area contributed by atoms with Crippen molar-refractivity contribution in [3.63, 3.8) is 0 Å². The van der Waals surface area contributed by atoms with Crippen LogP contribution in [-0.2, 0) is 60.7 Å². The molecule has 0 amide bonds. The highest BCUT2D eigenvalue weighted by atomic mass is 16.8. The van der Waals surface area contributed by atoms with Crippen LogP contribution in [-0.4, -0.2) is 87.6 Å². The summed E-state index contributed by atoms with van der Waals surface area (Å²) in [6.07, 6.45) is 3.06. The molecule has 1 rings (SSSR count). The lowest BCUT2D eigenvalue weighted by atomic mass is 10.2. The van der Waals surface area contributed by atoms with Crippen molar-refractivity contribution in [3.8, 4) is 6.01 Å². The first-order valence-corrected chi connectivity index (χ1v) is 9.63. The van der Waals surface area contributed by atoms with E-state index in [4.69, 9.17) is 28.7 Å². The fourth-order valence-electron chi connectivity index (χ4n) is 2.10. The number of carboxylic acid groups (broad SMARTS) is 2. The maximum absolute atomic E-state index is 11.3. The van der Waals surface area contributed by atoms with Crippen molar-refractivity contribution < 1.29 is 66.9 Å². The Hall–Kier alpha value is -3.21. The molecule has 0 saturated carbocycles. The monoisotopic (exact) mass is 476 g/mol. The predicted molar refractivity (Wildman–Crippen MR) is 101 cm³/mol. The average molecular weight is 476 g/mol. The number of carbonyl (C=O) groups excluding carboxylic acids is 3. The summed E-state index contributed by atoms with van der Waals surface area (Å²) in [6.45, 7) is 4.16. The fourth-order valence-corrected chi connectivity index (χ4v) is 2.10. The van der Waals surface area contributed by atoms with Gasteiger partial charge in [-0.2, -0.15) is 9.13 Å². The van der Waals surface area contributed by atoms with Crippen LogP contribution in [0.1, 0.15) is 6.92 Å². The molecule has 1 aromatic heterocycles. The summed E-state index contributed by atoms with van der Waals surface area (Å²) in [4.78, 5) is 43.9. The molecule has 15 nitrogen and oxygen atoms in total. The molecule has 0 saturated heterocycles. The van der Waals surface area contributed by atoms with Crippen LogP contribution in [0.4, 0.5) is 0 Å².